The molecule has 0 heterocycles. The molecule has 17 heavy (non-hydrogen) atoms. The summed E-state index contributed by atoms with van der Waals surface area (Å²) in [4.78, 5) is 33.2. The van der Waals surface area contributed by atoms with Crippen LogP contribution in [0.1, 0.15) is 13.8 Å². The maximum atomic E-state index is 11.4. The molecule has 0 bridgehead atoms. The van der Waals surface area contributed by atoms with Gasteiger partial charge >= 0.3 is 12.0 Å². The van der Waals surface area contributed by atoms with Crippen molar-refractivity contribution in [2.24, 2.45) is 0 Å². The lowest BCUT2D eigenvalue weighted by atomic mass is 10.1. The first-order valence-corrected chi connectivity index (χ1v) is 6.28. The molecule has 0 saturated heterocycles. The predicted octanol–water partition coefficient (Wildman–Crippen LogP) is 0.596. The zero-order valence-electron chi connectivity index (χ0n) is 9.99. The lowest BCUT2D eigenvalue weighted by Gasteiger charge is -2.07. The van der Waals surface area contributed by atoms with Crippen LogP contribution in [0.2, 0.25) is 0 Å². The van der Waals surface area contributed by atoms with E-state index in [2.05, 4.69) is 10.6 Å². The van der Waals surface area contributed by atoms with Crippen molar-refractivity contribution >= 4 is 29.7 Å². The molecule has 3 amide bonds. The number of aliphatic carboxylic acids is 1. The maximum absolute atomic E-state index is 11.4. The molecule has 3 N–H and O–H groups in total. The van der Waals surface area contributed by atoms with Gasteiger partial charge in [0.25, 0.3) is 5.91 Å². The first-order chi connectivity index (χ1) is 7.90. The Labute approximate surface area is 104 Å². The van der Waals surface area contributed by atoms with Gasteiger partial charge in [0.15, 0.2) is 0 Å². The molecule has 0 aliphatic rings. The van der Waals surface area contributed by atoms with E-state index in [0.717, 1.165) is 5.75 Å². The van der Waals surface area contributed by atoms with E-state index >= 15 is 0 Å². The van der Waals surface area contributed by atoms with Gasteiger partial charge < -0.3 is 10.4 Å². The Hall–Kier alpha value is -1.50. The fraction of sp³-hybridized carbons (Fsp3) is 0.500. The van der Waals surface area contributed by atoms with Crippen LogP contribution in [0.25, 0.3) is 0 Å². The molecule has 0 aliphatic heterocycles. The average Bonchev–Trinajstić information content (AvgIpc) is 2.27. The first kappa shape index (κ1) is 15.5. The second-order valence-corrected chi connectivity index (χ2v) is 4.24. The zero-order chi connectivity index (χ0) is 13.4. The van der Waals surface area contributed by atoms with Crippen molar-refractivity contribution in [3.05, 3.63) is 11.1 Å². The fourth-order valence-corrected chi connectivity index (χ4v) is 1.14. The number of urea groups is 1. The highest BCUT2D eigenvalue weighted by Crippen LogP contribution is 2.03. The summed E-state index contributed by atoms with van der Waals surface area (Å²) in [7, 11) is 0. The van der Waals surface area contributed by atoms with Crippen LogP contribution in [0.3, 0.4) is 0 Å². The molecular formula is C10H16N2O4S. The third-order valence-corrected chi connectivity index (χ3v) is 2.66. The summed E-state index contributed by atoms with van der Waals surface area (Å²) in [5.41, 5.74) is -0.0723. The topological polar surface area (TPSA) is 95.5 Å². The van der Waals surface area contributed by atoms with Crippen LogP contribution in [-0.4, -0.2) is 41.6 Å². The van der Waals surface area contributed by atoms with E-state index in [0.29, 0.717) is 6.54 Å². The van der Waals surface area contributed by atoms with Crippen molar-refractivity contribution in [3.63, 3.8) is 0 Å². The van der Waals surface area contributed by atoms with Crippen molar-refractivity contribution in [2.45, 2.75) is 13.8 Å². The molecular weight excluding hydrogens is 244 g/mol. The normalized spacial score (nSPS) is 11.5. The quantitative estimate of drug-likeness (QED) is 0.497. The zero-order valence-corrected chi connectivity index (χ0v) is 10.8. The summed E-state index contributed by atoms with van der Waals surface area (Å²) in [5, 5.41) is 13.2. The smallest absolute Gasteiger partial charge is 0.331 e. The van der Waals surface area contributed by atoms with Crippen molar-refractivity contribution in [1.29, 1.82) is 0 Å². The third kappa shape index (κ3) is 5.96. The highest BCUT2D eigenvalue weighted by Gasteiger charge is 2.14. The minimum atomic E-state index is -1.18. The van der Waals surface area contributed by atoms with Crippen molar-refractivity contribution in [1.82, 2.24) is 10.6 Å². The van der Waals surface area contributed by atoms with Crippen LogP contribution < -0.4 is 10.6 Å². The Morgan fingerprint density at radius 3 is 2.24 bits per heavy atom. The second kappa shape index (κ2) is 7.72. The van der Waals surface area contributed by atoms with E-state index in [1.54, 1.807) is 11.8 Å². The summed E-state index contributed by atoms with van der Waals surface area (Å²) in [6, 6.07) is -0.624. The summed E-state index contributed by atoms with van der Waals surface area (Å²) in [6.45, 7) is 3.11. The molecule has 0 fully saturated rings. The molecule has 0 rings (SSSR count). The number of hydrogen-bond acceptors (Lipinski definition) is 4. The minimum absolute atomic E-state index is 0.0116. The fourth-order valence-electron chi connectivity index (χ4n) is 0.838. The van der Waals surface area contributed by atoms with E-state index in [4.69, 9.17) is 5.11 Å². The van der Waals surface area contributed by atoms with Gasteiger partial charge in [-0.2, -0.15) is 11.8 Å². The number of carboxylic acids is 1. The Kier molecular flexibility index (Phi) is 7.04. The van der Waals surface area contributed by atoms with Gasteiger partial charge in [0.2, 0.25) is 0 Å². The lowest BCUT2D eigenvalue weighted by molar-refractivity contribution is -0.133. The highest BCUT2D eigenvalue weighted by atomic mass is 32.2. The Morgan fingerprint density at radius 2 is 1.76 bits per heavy atom. The van der Waals surface area contributed by atoms with Gasteiger partial charge in [0.05, 0.1) is 0 Å². The number of carboxylic acid groups (broad SMARTS) is 1. The van der Waals surface area contributed by atoms with Crippen LogP contribution in [0.5, 0.6) is 0 Å². The molecule has 0 saturated carbocycles. The Bertz CT molecular complexity index is 352. The predicted molar refractivity (Wildman–Crippen MR) is 65.9 cm³/mol. The maximum Gasteiger partial charge on any atom is 0.331 e. The molecule has 0 aromatic carbocycles. The number of carbonyl (C=O) groups excluding carboxylic acids is 2. The molecule has 0 unspecified atom stereocenters. The summed E-state index contributed by atoms with van der Waals surface area (Å²) >= 11 is 1.56. The molecule has 0 aromatic heterocycles. The molecule has 0 aromatic rings. The third-order valence-electron chi connectivity index (χ3n) is 2.04. The van der Waals surface area contributed by atoms with Crippen molar-refractivity contribution in [2.75, 3.05) is 18.6 Å². The number of amides is 3. The summed E-state index contributed by atoms with van der Waals surface area (Å²) in [6.07, 6.45) is 1.90. The highest BCUT2D eigenvalue weighted by molar-refractivity contribution is 7.98. The van der Waals surface area contributed by atoms with Crippen molar-refractivity contribution < 1.29 is 19.5 Å². The van der Waals surface area contributed by atoms with Gasteiger partial charge in [-0.1, -0.05) is 0 Å². The number of thioether (sulfide) groups is 1. The van der Waals surface area contributed by atoms with Gasteiger partial charge in [0, 0.05) is 23.4 Å². The lowest BCUT2D eigenvalue weighted by Crippen LogP contribution is -2.41. The summed E-state index contributed by atoms with van der Waals surface area (Å²) in [5.74, 6) is -1.14. The Morgan fingerprint density at radius 1 is 1.18 bits per heavy atom. The summed E-state index contributed by atoms with van der Waals surface area (Å²) < 4.78 is 0. The molecule has 6 nitrogen and oxygen atoms in total. The molecule has 0 atom stereocenters. The van der Waals surface area contributed by atoms with Gasteiger partial charge in [-0.15, -0.1) is 0 Å². The van der Waals surface area contributed by atoms with E-state index in [-0.39, 0.29) is 11.1 Å². The number of carbonyl (C=O) groups is 3. The van der Waals surface area contributed by atoms with Gasteiger partial charge in [-0.25, -0.2) is 9.59 Å². The van der Waals surface area contributed by atoms with Gasteiger partial charge in [-0.05, 0) is 20.1 Å². The number of imide groups is 1. The van der Waals surface area contributed by atoms with Gasteiger partial charge in [-0.3, -0.25) is 10.1 Å². The van der Waals surface area contributed by atoms with Crippen LogP contribution in [0.15, 0.2) is 11.1 Å². The molecule has 7 heteroatoms. The van der Waals surface area contributed by atoms with E-state index in [1.807, 2.05) is 6.26 Å². The van der Waals surface area contributed by atoms with Crippen LogP contribution >= 0.6 is 11.8 Å². The van der Waals surface area contributed by atoms with E-state index < -0.39 is 17.9 Å². The minimum Gasteiger partial charge on any atom is -0.478 e. The van der Waals surface area contributed by atoms with Gasteiger partial charge in [0.1, 0.15) is 0 Å². The molecule has 0 radical (unpaired) electrons. The molecule has 0 spiro atoms. The molecule has 96 valence electrons. The number of hydrogen-bond donors (Lipinski definition) is 3. The standard InChI is InChI=1S/C10H16N2O4S/c1-6(7(2)9(14)15)8(13)12-10(16)11-4-5-17-3/h4-5H2,1-3H3,(H,14,15)(H2,11,12,13,16). The monoisotopic (exact) mass is 260 g/mol. The Balaban J connectivity index is 4.31. The largest absolute Gasteiger partial charge is 0.478 e. The van der Waals surface area contributed by atoms with Crippen LogP contribution in [0.4, 0.5) is 4.79 Å². The number of rotatable bonds is 5. The molecule has 0 aliphatic carbocycles. The second-order valence-electron chi connectivity index (χ2n) is 3.26. The van der Waals surface area contributed by atoms with Crippen LogP contribution in [0, 0.1) is 0 Å². The first-order valence-electron chi connectivity index (χ1n) is 4.89. The van der Waals surface area contributed by atoms with Crippen molar-refractivity contribution in [3.8, 4) is 0 Å². The van der Waals surface area contributed by atoms with E-state index in [1.165, 1.54) is 13.8 Å². The average molecular weight is 260 g/mol. The SMILES string of the molecule is CSCCNC(=O)NC(=O)C(C)=C(C)C(=O)O. The number of nitrogens with one attached hydrogen (secondary N) is 2. The van der Waals surface area contributed by atoms with Crippen LogP contribution in [-0.2, 0) is 9.59 Å². The van der Waals surface area contributed by atoms with E-state index in [9.17, 15) is 14.4 Å².